The van der Waals surface area contributed by atoms with Crippen molar-refractivity contribution in [2.45, 2.75) is 59.7 Å². The van der Waals surface area contributed by atoms with Crippen LogP contribution in [0.2, 0.25) is 0 Å². The molecule has 0 aliphatic rings. The Hall–Kier alpha value is -0.160. The monoisotopic (exact) mass is 262 g/mol. The molecule has 0 fully saturated rings. The van der Waals surface area contributed by atoms with Gasteiger partial charge in [0.05, 0.1) is 18.8 Å². The van der Waals surface area contributed by atoms with Gasteiger partial charge < -0.3 is 20.4 Å². The lowest BCUT2D eigenvalue weighted by molar-refractivity contribution is -0.104. The molecule has 0 aliphatic heterocycles. The van der Waals surface area contributed by atoms with Crippen molar-refractivity contribution < 1.29 is 20.4 Å². The molecule has 0 radical (unpaired) electrons. The third kappa shape index (κ3) is 4.50. The Morgan fingerprint density at radius 2 is 1.50 bits per heavy atom. The second-order valence-corrected chi connectivity index (χ2v) is 6.60. The highest BCUT2D eigenvalue weighted by Gasteiger charge is 2.39. The Labute approximate surface area is 111 Å². The normalized spacial score (nSPS) is 21.2. The highest BCUT2D eigenvalue weighted by atomic mass is 16.3. The first-order valence-corrected chi connectivity index (χ1v) is 6.71. The number of hydrogen-bond donors (Lipinski definition) is 4. The van der Waals surface area contributed by atoms with E-state index in [-0.39, 0.29) is 24.5 Å². The molecule has 4 N–H and O–H groups in total. The minimum Gasteiger partial charge on any atom is -0.396 e. The van der Waals surface area contributed by atoms with E-state index in [1.165, 1.54) is 0 Å². The van der Waals surface area contributed by atoms with Gasteiger partial charge in [0.2, 0.25) is 0 Å². The van der Waals surface area contributed by atoms with E-state index >= 15 is 0 Å². The molecule has 18 heavy (non-hydrogen) atoms. The summed E-state index contributed by atoms with van der Waals surface area (Å²) in [5.41, 5.74) is -0.959. The smallest absolute Gasteiger partial charge is 0.0876 e. The highest BCUT2D eigenvalue weighted by molar-refractivity contribution is 4.89. The van der Waals surface area contributed by atoms with Gasteiger partial charge in [-0.2, -0.15) is 0 Å². The predicted octanol–water partition coefficient (Wildman–Crippen LogP) is 1.16. The lowest BCUT2D eigenvalue weighted by Gasteiger charge is -2.38. The van der Waals surface area contributed by atoms with E-state index in [0.717, 1.165) is 0 Å². The maximum absolute atomic E-state index is 10.2. The van der Waals surface area contributed by atoms with E-state index in [0.29, 0.717) is 12.8 Å². The van der Waals surface area contributed by atoms with Gasteiger partial charge in [0.15, 0.2) is 0 Å². The van der Waals surface area contributed by atoms with Gasteiger partial charge in [-0.3, -0.25) is 0 Å². The van der Waals surface area contributed by atoms with Gasteiger partial charge in [0, 0.05) is 12.0 Å². The fourth-order valence-corrected chi connectivity index (χ4v) is 2.19. The van der Waals surface area contributed by atoms with E-state index in [1.54, 1.807) is 6.92 Å². The number of aliphatic hydroxyl groups is 4. The SMILES string of the molecule is CCC(C)(CO)C(O)C(O)C(C)CC(C)(C)CO. The summed E-state index contributed by atoms with van der Waals surface area (Å²) in [6.07, 6.45) is -0.643. The van der Waals surface area contributed by atoms with Crippen LogP contribution in [0.15, 0.2) is 0 Å². The Bertz CT molecular complexity index is 236. The lowest BCUT2D eigenvalue weighted by atomic mass is 9.74. The minimum absolute atomic E-state index is 0.0468. The zero-order chi connectivity index (χ0) is 14.6. The summed E-state index contributed by atoms with van der Waals surface area (Å²) >= 11 is 0. The van der Waals surface area contributed by atoms with Crippen LogP contribution in [0.5, 0.6) is 0 Å². The molecule has 0 saturated carbocycles. The molecule has 0 saturated heterocycles. The standard InChI is InChI=1S/C14H30O4/c1-6-14(5,9-16)12(18)11(17)10(2)7-13(3,4)8-15/h10-12,15-18H,6-9H2,1-5H3. The van der Waals surface area contributed by atoms with Gasteiger partial charge in [0.25, 0.3) is 0 Å². The van der Waals surface area contributed by atoms with E-state index in [4.69, 9.17) is 0 Å². The summed E-state index contributed by atoms with van der Waals surface area (Å²) in [7, 11) is 0. The van der Waals surface area contributed by atoms with Crippen molar-refractivity contribution in [3.05, 3.63) is 0 Å². The maximum atomic E-state index is 10.2. The molecule has 4 atom stereocenters. The van der Waals surface area contributed by atoms with Gasteiger partial charge in [-0.05, 0) is 24.2 Å². The Balaban J connectivity index is 4.68. The minimum atomic E-state index is -0.961. The molecular formula is C14H30O4. The van der Waals surface area contributed by atoms with Gasteiger partial charge in [-0.1, -0.05) is 34.6 Å². The second kappa shape index (κ2) is 6.85. The molecule has 0 heterocycles. The maximum Gasteiger partial charge on any atom is 0.0876 e. The Kier molecular flexibility index (Phi) is 6.79. The first-order chi connectivity index (χ1) is 8.13. The molecule has 4 nitrogen and oxygen atoms in total. The van der Waals surface area contributed by atoms with Crippen LogP contribution < -0.4 is 0 Å². The van der Waals surface area contributed by atoms with Crippen LogP contribution >= 0.6 is 0 Å². The second-order valence-electron chi connectivity index (χ2n) is 6.60. The van der Waals surface area contributed by atoms with E-state index in [1.807, 2.05) is 27.7 Å². The van der Waals surface area contributed by atoms with Crippen LogP contribution in [0, 0.1) is 16.7 Å². The van der Waals surface area contributed by atoms with Crippen LogP contribution in [-0.4, -0.2) is 45.8 Å². The molecule has 0 bridgehead atoms. The molecule has 0 aromatic heterocycles. The molecule has 0 aromatic rings. The largest absolute Gasteiger partial charge is 0.396 e. The van der Waals surface area contributed by atoms with E-state index in [2.05, 4.69) is 0 Å². The lowest BCUT2D eigenvalue weighted by Crippen LogP contribution is -2.47. The molecule has 0 aromatic carbocycles. The summed E-state index contributed by atoms with van der Waals surface area (Å²) in [4.78, 5) is 0. The van der Waals surface area contributed by atoms with Crippen LogP contribution in [0.25, 0.3) is 0 Å². The van der Waals surface area contributed by atoms with Crippen molar-refractivity contribution in [2.75, 3.05) is 13.2 Å². The van der Waals surface area contributed by atoms with Crippen LogP contribution in [0.3, 0.4) is 0 Å². The van der Waals surface area contributed by atoms with Crippen molar-refractivity contribution in [3.63, 3.8) is 0 Å². The topological polar surface area (TPSA) is 80.9 Å². The average Bonchev–Trinajstić information content (AvgIpc) is 2.35. The summed E-state index contributed by atoms with van der Waals surface area (Å²) in [6, 6.07) is 0. The van der Waals surface area contributed by atoms with Gasteiger partial charge >= 0.3 is 0 Å². The zero-order valence-corrected chi connectivity index (χ0v) is 12.3. The summed E-state index contributed by atoms with van der Waals surface area (Å²) in [5, 5.41) is 39.0. The van der Waals surface area contributed by atoms with Crippen molar-refractivity contribution in [3.8, 4) is 0 Å². The fourth-order valence-electron chi connectivity index (χ4n) is 2.19. The number of aliphatic hydroxyl groups excluding tert-OH is 4. The van der Waals surface area contributed by atoms with E-state index < -0.39 is 17.6 Å². The molecule has 110 valence electrons. The first kappa shape index (κ1) is 17.8. The van der Waals surface area contributed by atoms with Crippen LogP contribution in [0.4, 0.5) is 0 Å². The van der Waals surface area contributed by atoms with Crippen LogP contribution in [0.1, 0.15) is 47.5 Å². The predicted molar refractivity (Wildman–Crippen MR) is 72.1 cm³/mol. The van der Waals surface area contributed by atoms with Crippen molar-refractivity contribution >= 4 is 0 Å². The highest BCUT2D eigenvalue weighted by Crippen LogP contribution is 2.33. The molecule has 0 amide bonds. The summed E-state index contributed by atoms with van der Waals surface area (Å²) in [5.74, 6) is -0.139. The third-order valence-electron chi connectivity index (χ3n) is 4.09. The number of rotatable bonds is 8. The van der Waals surface area contributed by atoms with E-state index in [9.17, 15) is 20.4 Å². The fraction of sp³-hybridized carbons (Fsp3) is 1.00. The third-order valence-corrected chi connectivity index (χ3v) is 4.09. The quantitative estimate of drug-likeness (QED) is 0.529. The molecular weight excluding hydrogens is 232 g/mol. The molecule has 4 heteroatoms. The van der Waals surface area contributed by atoms with Crippen molar-refractivity contribution in [1.29, 1.82) is 0 Å². The van der Waals surface area contributed by atoms with Gasteiger partial charge in [0.1, 0.15) is 0 Å². The van der Waals surface area contributed by atoms with Crippen molar-refractivity contribution in [2.24, 2.45) is 16.7 Å². The van der Waals surface area contributed by atoms with Crippen molar-refractivity contribution in [1.82, 2.24) is 0 Å². The average molecular weight is 262 g/mol. The number of hydrogen-bond acceptors (Lipinski definition) is 4. The zero-order valence-electron chi connectivity index (χ0n) is 12.3. The summed E-state index contributed by atoms with van der Waals surface area (Å²) in [6.45, 7) is 9.25. The molecule has 0 rings (SSSR count). The Morgan fingerprint density at radius 1 is 1.00 bits per heavy atom. The molecule has 4 unspecified atom stereocenters. The van der Waals surface area contributed by atoms with Gasteiger partial charge in [-0.15, -0.1) is 0 Å². The molecule has 0 spiro atoms. The summed E-state index contributed by atoms with van der Waals surface area (Å²) < 4.78 is 0. The first-order valence-electron chi connectivity index (χ1n) is 6.71. The Morgan fingerprint density at radius 3 is 1.83 bits per heavy atom. The van der Waals surface area contributed by atoms with Crippen LogP contribution in [-0.2, 0) is 0 Å². The van der Waals surface area contributed by atoms with Gasteiger partial charge in [-0.25, -0.2) is 0 Å². The molecule has 0 aliphatic carbocycles.